The molecule has 2 aliphatic rings. The Labute approximate surface area is 288 Å². The third kappa shape index (κ3) is 4.36. The van der Waals surface area contributed by atoms with Crippen LogP contribution in [0.15, 0.2) is 170 Å². The number of hydrogen-bond acceptors (Lipinski definition) is 0. The lowest BCUT2D eigenvalue weighted by molar-refractivity contribution is 0.858. The zero-order chi connectivity index (χ0) is 32.7. The Kier molecular flexibility index (Phi) is 6.25. The molecule has 1 aliphatic carbocycles. The lowest BCUT2D eigenvalue weighted by atomic mass is 9.82. The van der Waals surface area contributed by atoms with E-state index >= 15 is 0 Å². The number of rotatable bonds is 3. The first-order chi connectivity index (χ1) is 24.0. The van der Waals surface area contributed by atoms with Crippen LogP contribution in [0, 0.1) is 0 Å². The molecule has 2 unspecified atom stereocenters. The Hall–Kier alpha value is -5.50. The van der Waals surface area contributed by atoms with E-state index in [4.69, 9.17) is 0 Å². The van der Waals surface area contributed by atoms with E-state index in [1.807, 2.05) is 0 Å². The Morgan fingerprint density at radius 1 is 0.408 bits per heavy atom. The Bertz CT molecular complexity index is 2690. The number of hydrogen-bond donors (Lipinski definition) is 0. The van der Waals surface area contributed by atoms with Crippen LogP contribution in [0.1, 0.15) is 11.5 Å². The summed E-state index contributed by atoms with van der Waals surface area (Å²) in [7, 11) is -1.79. The fraction of sp³-hybridized carbons (Fsp3) is 0.0833. The molecule has 0 radical (unpaired) electrons. The maximum Gasteiger partial charge on any atom is 0.0887 e. The van der Waals surface area contributed by atoms with Gasteiger partial charge in [0, 0.05) is 5.92 Å². The second kappa shape index (κ2) is 10.8. The van der Waals surface area contributed by atoms with Gasteiger partial charge >= 0.3 is 0 Å². The van der Waals surface area contributed by atoms with Gasteiger partial charge in [-0.25, -0.2) is 0 Å². The zero-order valence-electron chi connectivity index (χ0n) is 27.8. The Morgan fingerprint density at radius 2 is 0.959 bits per heavy atom. The Morgan fingerprint density at radius 3 is 1.71 bits per heavy atom. The molecule has 0 bridgehead atoms. The second-order valence-electron chi connectivity index (χ2n) is 14.5. The first-order valence-corrected chi connectivity index (χ1v) is 20.6. The molecule has 0 nitrogen and oxygen atoms in total. The maximum atomic E-state index is 2.63. The Balaban J connectivity index is 1.35. The molecule has 1 aliphatic heterocycles. The monoisotopic (exact) mass is 640 g/mol. The summed E-state index contributed by atoms with van der Waals surface area (Å²) in [5.41, 5.74) is 9.83. The van der Waals surface area contributed by atoms with Gasteiger partial charge in [0.15, 0.2) is 0 Å². The highest BCUT2D eigenvalue weighted by atomic mass is 28.3. The van der Waals surface area contributed by atoms with Crippen LogP contribution in [0.4, 0.5) is 0 Å². The van der Waals surface area contributed by atoms with E-state index in [9.17, 15) is 0 Å². The van der Waals surface area contributed by atoms with Crippen LogP contribution in [0.25, 0.3) is 76.5 Å². The molecule has 1 heteroatoms. The first kappa shape index (κ1) is 28.5. The van der Waals surface area contributed by atoms with E-state index in [0.717, 1.165) is 0 Å². The molecule has 0 aromatic heterocycles. The molecule has 0 saturated carbocycles. The smallest absolute Gasteiger partial charge is 0.0829 e. The van der Waals surface area contributed by atoms with Crippen molar-refractivity contribution in [2.45, 2.75) is 24.6 Å². The zero-order valence-corrected chi connectivity index (χ0v) is 28.8. The van der Waals surface area contributed by atoms with Crippen LogP contribution in [-0.2, 0) is 0 Å². The molecule has 232 valence electrons. The normalized spacial score (nSPS) is 17.6. The molecule has 0 amide bonds. The maximum absolute atomic E-state index is 2.63. The van der Waals surface area contributed by atoms with E-state index in [2.05, 4.69) is 183 Å². The third-order valence-corrected chi connectivity index (χ3v) is 15.5. The van der Waals surface area contributed by atoms with E-state index in [-0.39, 0.29) is 0 Å². The van der Waals surface area contributed by atoms with Gasteiger partial charge in [0.05, 0.1) is 8.07 Å². The van der Waals surface area contributed by atoms with Gasteiger partial charge in [-0.3, -0.25) is 0 Å². The van der Waals surface area contributed by atoms with Gasteiger partial charge in [-0.2, -0.15) is 0 Å². The number of allylic oxidation sites excluding steroid dienone is 4. The predicted octanol–water partition coefficient (Wildman–Crippen LogP) is 12.8. The molecule has 0 N–H and O–H groups in total. The van der Waals surface area contributed by atoms with Crippen molar-refractivity contribution in [3.8, 4) is 33.4 Å². The van der Waals surface area contributed by atoms with E-state index in [0.29, 0.717) is 11.5 Å². The van der Waals surface area contributed by atoms with Crippen molar-refractivity contribution in [2.75, 3.05) is 0 Å². The minimum atomic E-state index is -1.79. The third-order valence-electron chi connectivity index (χ3n) is 11.5. The molecule has 2 atom stereocenters. The van der Waals surface area contributed by atoms with Gasteiger partial charge in [0.2, 0.25) is 0 Å². The SMILES string of the molecule is C[Si]1(C)c2cc3c(-c4ccccc4)c4cc(-c5ccc6ccccc6c5)ccc4c(-c4ccc5ccccc5c4)c3cc2C2C=CC=CC21. The summed E-state index contributed by atoms with van der Waals surface area (Å²) in [6.07, 6.45) is 9.50. The van der Waals surface area contributed by atoms with Gasteiger partial charge < -0.3 is 0 Å². The fourth-order valence-corrected chi connectivity index (χ4v) is 12.7. The molecule has 0 fully saturated rings. The van der Waals surface area contributed by atoms with Gasteiger partial charge in [-0.15, -0.1) is 0 Å². The van der Waals surface area contributed by atoms with E-state index in [1.54, 1.807) is 5.19 Å². The molecule has 49 heavy (non-hydrogen) atoms. The quantitative estimate of drug-likeness (QED) is 0.133. The topological polar surface area (TPSA) is 0 Å². The van der Waals surface area contributed by atoms with Crippen molar-refractivity contribution in [1.29, 1.82) is 0 Å². The summed E-state index contributed by atoms with van der Waals surface area (Å²) >= 11 is 0. The van der Waals surface area contributed by atoms with Crippen LogP contribution in [-0.4, -0.2) is 8.07 Å². The summed E-state index contributed by atoms with van der Waals surface area (Å²) in [5, 5.41) is 12.0. The average Bonchev–Trinajstić information content (AvgIpc) is 3.38. The number of fused-ring (bicyclic) bond motifs is 7. The van der Waals surface area contributed by atoms with Crippen LogP contribution >= 0.6 is 0 Å². The van der Waals surface area contributed by atoms with Crippen molar-refractivity contribution in [3.05, 3.63) is 175 Å². The van der Waals surface area contributed by atoms with E-state index < -0.39 is 8.07 Å². The van der Waals surface area contributed by atoms with Crippen LogP contribution in [0.2, 0.25) is 18.6 Å². The number of benzene rings is 8. The molecular formula is C48H36Si. The highest BCUT2D eigenvalue weighted by molar-refractivity contribution is 6.93. The molecule has 0 saturated heterocycles. The van der Waals surface area contributed by atoms with Crippen molar-refractivity contribution in [3.63, 3.8) is 0 Å². The highest BCUT2D eigenvalue weighted by Gasteiger charge is 2.46. The molecule has 8 aromatic carbocycles. The van der Waals surface area contributed by atoms with Crippen LogP contribution in [0.3, 0.4) is 0 Å². The van der Waals surface area contributed by atoms with Crippen LogP contribution < -0.4 is 5.19 Å². The predicted molar refractivity (Wildman–Crippen MR) is 215 cm³/mol. The second-order valence-corrected chi connectivity index (χ2v) is 19.2. The molecule has 0 spiro atoms. The van der Waals surface area contributed by atoms with Crippen molar-refractivity contribution >= 4 is 56.4 Å². The van der Waals surface area contributed by atoms with Gasteiger partial charge in [-0.05, 0) is 112 Å². The first-order valence-electron chi connectivity index (χ1n) is 17.5. The largest absolute Gasteiger partial charge is 0.0887 e. The van der Waals surface area contributed by atoms with Gasteiger partial charge in [0.25, 0.3) is 0 Å². The summed E-state index contributed by atoms with van der Waals surface area (Å²) in [5.74, 6) is 0.446. The van der Waals surface area contributed by atoms with E-state index in [1.165, 1.54) is 82.0 Å². The molecule has 10 rings (SSSR count). The molecular weight excluding hydrogens is 605 g/mol. The lowest BCUT2D eigenvalue weighted by Crippen LogP contribution is -2.41. The molecule has 8 aromatic rings. The van der Waals surface area contributed by atoms with Crippen molar-refractivity contribution in [1.82, 2.24) is 0 Å². The average molecular weight is 641 g/mol. The lowest BCUT2D eigenvalue weighted by Gasteiger charge is -2.27. The highest BCUT2D eigenvalue weighted by Crippen LogP contribution is 2.51. The summed E-state index contributed by atoms with van der Waals surface area (Å²) in [4.78, 5) is 0. The summed E-state index contributed by atoms with van der Waals surface area (Å²) < 4.78 is 0. The van der Waals surface area contributed by atoms with Crippen molar-refractivity contribution < 1.29 is 0 Å². The van der Waals surface area contributed by atoms with Crippen LogP contribution in [0.5, 0.6) is 0 Å². The minimum absolute atomic E-state index is 0.446. The van der Waals surface area contributed by atoms with Crippen molar-refractivity contribution in [2.24, 2.45) is 0 Å². The standard InChI is InChI=1S/C48H36Si/c1-49(2)45-19-11-10-18-39(45)41-29-43-44(30-46(41)49)47(33-14-4-3-5-15-33)42-28-37(36-22-20-31-12-6-8-16-34(31)26-36)24-25-40(42)48(43)38-23-21-32-13-7-9-17-35(32)27-38/h3-30,39,45H,1-2H3. The fourth-order valence-electron chi connectivity index (χ4n) is 9.02. The molecule has 1 heterocycles. The summed E-state index contributed by atoms with van der Waals surface area (Å²) in [6.45, 7) is 5.16. The minimum Gasteiger partial charge on any atom is -0.0829 e. The van der Waals surface area contributed by atoms with Gasteiger partial charge in [0.1, 0.15) is 0 Å². The van der Waals surface area contributed by atoms with Gasteiger partial charge in [-0.1, -0.05) is 164 Å². The summed E-state index contributed by atoms with van der Waals surface area (Å²) in [6, 6.07) is 54.9.